The summed E-state index contributed by atoms with van der Waals surface area (Å²) in [7, 11) is 3.10. The third-order valence-corrected chi connectivity index (χ3v) is 2.54. The Morgan fingerprint density at radius 1 is 1.75 bits per heavy atom. The van der Waals surface area contributed by atoms with Gasteiger partial charge in [-0.15, -0.1) is 24.2 Å². The van der Waals surface area contributed by atoms with Crippen LogP contribution in [0.3, 0.4) is 0 Å². The number of hydroxylamine groups is 2. The smallest absolute Gasteiger partial charge is 0.263 e. The highest BCUT2D eigenvalue weighted by Gasteiger charge is 2.25. The first kappa shape index (κ1) is 12.0. The van der Waals surface area contributed by atoms with Gasteiger partial charge < -0.3 is 0 Å². The van der Waals surface area contributed by atoms with Crippen LogP contribution >= 0.6 is 24.2 Å². The number of hydrogen-bond acceptors (Lipinski definition) is 4. The number of halogens is 1. The maximum absolute atomic E-state index is 11.3. The second-order valence-electron chi connectivity index (χ2n) is 2.29. The Kier molecular flexibility index (Phi) is 5.65. The molecule has 1 aliphatic rings. The number of likely N-dealkylation sites (N-methyl/N-ethyl adjacent to an activating group) is 1. The monoisotopic (exact) mass is 212 g/mol. The van der Waals surface area contributed by atoms with E-state index in [9.17, 15) is 4.79 Å². The number of nitrogens with one attached hydrogen (secondary N) is 1. The van der Waals surface area contributed by atoms with Crippen LogP contribution in [0.4, 0.5) is 0 Å². The zero-order chi connectivity index (χ0) is 8.27. The molecule has 72 valence electrons. The summed E-state index contributed by atoms with van der Waals surface area (Å²) in [6, 6.07) is -0.0649. The molecule has 6 heteroatoms. The van der Waals surface area contributed by atoms with E-state index in [0.29, 0.717) is 0 Å². The quantitative estimate of drug-likeness (QED) is 0.659. The number of thioether (sulfide) groups is 1. The topological polar surface area (TPSA) is 41.6 Å². The first-order chi connectivity index (χ1) is 5.25. The third kappa shape index (κ3) is 2.82. The van der Waals surface area contributed by atoms with Crippen molar-refractivity contribution < 1.29 is 9.63 Å². The van der Waals surface area contributed by atoms with Crippen molar-refractivity contribution >= 4 is 30.1 Å². The summed E-state index contributed by atoms with van der Waals surface area (Å²) in [6.45, 7) is 0. The molecule has 0 radical (unpaired) electrons. The number of nitrogens with zero attached hydrogens (tertiary/aromatic N) is 1. The lowest BCUT2D eigenvalue weighted by Crippen LogP contribution is -2.42. The van der Waals surface area contributed by atoms with E-state index in [2.05, 4.69) is 5.32 Å². The average Bonchev–Trinajstić information content (AvgIpc) is 2.53. The van der Waals surface area contributed by atoms with Crippen molar-refractivity contribution in [1.29, 1.82) is 0 Å². The Bertz CT molecular complexity index is 152. The first-order valence-corrected chi connectivity index (χ1v) is 4.54. The predicted molar refractivity (Wildman–Crippen MR) is 51.3 cm³/mol. The van der Waals surface area contributed by atoms with Gasteiger partial charge in [-0.3, -0.25) is 14.9 Å². The predicted octanol–water partition coefficient (Wildman–Crippen LogP) is 0.0905. The van der Waals surface area contributed by atoms with Gasteiger partial charge in [0.25, 0.3) is 5.91 Å². The summed E-state index contributed by atoms with van der Waals surface area (Å²) in [6.07, 6.45) is 0. The van der Waals surface area contributed by atoms with Crippen molar-refractivity contribution in [3.8, 4) is 0 Å². The molecule has 0 aromatic rings. The van der Waals surface area contributed by atoms with Gasteiger partial charge in [-0.2, -0.15) is 0 Å². The highest BCUT2D eigenvalue weighted by molar-refractivity contribution is 7.99. The molecule has 1 unspecified atom stereocenters. The van der Waals surface area contributed by atoms with Crippen LogP contribution in [0.15, 0.2) is 0 Å². The number of carbonyl (C=O) groups is 1. The van der Waals surface area contributed by atoms with Crippen molar-refractivity contribution in [2.45, 2.75) is 6.04 Å². The van der Waals surface area contributed by atoms with Crippen LogP contribution in [-0.4, -0.2) is 42.8 Å². The average molecular weight is 213 g/mol. The molecule has 1 fully saturated rings. The standard InChI is InChI=1S/C6H12N2O2S.ClH/c1-8(10-2)6(9)5-3-11-4-7-5;/h5,7H,3-4H2,1-2H3;1H. The van der Waals surface area contributed by atoms with E-state index in [1.165, 1.54) is 12.2 Å². The summed E-state index contributed by atoms with van der Waals surface area (Å²) < 4.78 is 0. The van der Waals surface area contributed by atoms with Crippen molar-refractivity contribution in [3.63, 3.8) is 0 Å². The molecule has 0 bridgehead atoms. The number of rotatable bonds is 2. The van der Waals surface area contributed by atoms with E-state index in [1.54, 1.807) is 18.8 Å². The van der Waals surface area contributed by atoms with Gasteiger partial charge in [0.15, 0.2) is 0 Å². The molecule has 12 heavy (non-hydrogen) atoms. The number of hydrogen-bond donors (Lipinski definition) is 1. The van der Waals surface area contributed by atoms with Crippen molar-refractivity contribution in [3.05, 3.63) is 0 Å². The molecule has 1 amide bonds. The lowest BCUT2D eigenvalue weighted by Gasteiger charge is -2.17. The zero-order valence-corrected chi connectivity index (χ0v) is 8.70. The second-order valence-corrected chi connectivity index (χ2v) is 3.32. The van der Waals surface area contributed by atoms with Crippen LogP contribution < -0.4 is 5.32 Å². The lowest BCUT2D eigenvalue weighted by molar-refractivity contribution is -0.170. The normalized spacial score (nSPS) is 21.7. The molecule has 0 aromatic heterocycles. The van der Waals surface area contributed by atoms with Crippen molar-refractivity contribution in [1.82, 2.24) is 10.4 Å². The van der Waals surface area contributed by atoms with Crippen LogP contribution in [-0.2, 0) is 9.63 Å². The molecule has 1 aliphatic heterocycles. The second kappa shape index (κ2) is 5.64. The van der Waals surface area contributed by atoms with E-state index in [0.717, 1.165) is 11.6 Å². The molecular formula is C6H13ClN2O2S. The highest BCUT2D eigenvalue weighted by Crippen LogP contribution is 2.10. The van der Waals surface area contributed by atoms with Crippen LogP contribution in [0.25, 0.3) is 0 Å². The minimum absolute atomic E-state index is 0. The van der Waals surface area contributed by atoms with Gasteiger partial charge in [0, 0.05) is 18.7 Å². The third-order valence-electron chi connectivity index (χ3n) is 1.60. The fourth-order valence-electron chi connectivity index (χ4n) is 0.863. The van der Waals surface area contributed by atoms with Crippen molar-refractivity contribution in [2.75, 3.05) is 25.8 Å². The molecule has 1 N–H and O–H groups in total. The van der Waals surface area contributed by atoms with Crippen LogP contribution in [0.1, 0.15) is 0 Å². The molecule has 0 spiro atoms. The molecule has 4 nitrogen and oxygen atoms in total. The van der Waals surface area contributed by atoms with E-state index in [4.69, 9.17) is 4.84 Å². The molecule has 0 saturated carbocycles. The summed E-state index contributed by atoms with van der Waals surface area (Å²) in [4.78, 5) is 16.1. The number of amides is 1. The molecule has 0 aromatic carbocycles. The lowest BCUT2D eigenvalue weighted by atomic mass is 10.3. The maximum atomic E-state index is 11.3. The van der Waals surface area contributed by atoms with Gasteiger partial charge in [-0.1, -0.05) is 0 Å². The molecule has 1 rings (SSSR count). The highest BCUT2D eigenvalue weighted by atomic mass is 35.5. The Morgan fingerprint density at radius 3 is 2.83 bits per heavy atom. The Balaban J connectivity index is 0.00000121. The van der Waals surface area contributed by atoms with E-state index >= 15 is 0 Å². The molecule has 1 atom stereocenters. The zero-order valence-electron chi connectivity index (χ0n) is 7.07. The van der Waals surface area contributed by atoms with Gasteiger partial charge in [0.2, 0.25) is 0 Å². The Hall–Kier alpha value is 0.0300. The van der Waals surface area contributed by atoms with Gasteiger partial charge >= 0.3 is 0 Å². The summed E-state index contributed by atoms with van der Waals surface area (Å²) in [5.41, 5.74) is 0. The summed E-state index contributed by atoms with van der Waals surface area (Å²) in [5.74, 6) is 1.69. The maximum Gasteiger partial charge on any atom is 0.263 e. The van der Waals surface area contributed by atoms with Gasteiger partial charge in [-0.25, -0.2) is 5.06 Å². The van der Waals surface area contributed by atoms with Gasteiger partial charge in [-0.05, 0) is 0 Å². The van der Waals surface area contributed by atoms with Crippen molar-refractivity contribution in [2.24, 2.45) is 0 Å². The van der Waals surface area contributed by atoms with E-state index < -0.39 is 0 Å². The molecule has 1 heterocycles. The fraction of sp³-hybridized carbons (Fsp3) is 0.833. The fourth-order valence-corrected chi connectivity index (χ4v) is 1.80. The minimum atomic E-state index is -0.0649. The summed E-state index contributed by atoms with van der Waals surface area (Å²) >= 11 is 1.72. The van der Waals surface area contributed by atoms with Crippen LogP contribution in [0.2, 0.25) is 0 Å². The Morgan fingerprint density at radius 2 is 2.42 bits per heavy atom. The van der Waals surface area contributed by atoms with E-state index in [1.807, 2.05) is 0 Å². The molecule has 0 aliphatic carbocycles. The first-order valence-electron chi connectivity index (χ1n) is 3.38. The number of carbonyl (C=O) groups excluding carboxylic acids is 1. The minimum Gasteiger partial charge on any atom is -0.296 e. The van der Waals surface area contributed by atoms with E-state index in [-0.39, 0.29) is 24.4 Å². The largest absolute Gasteiger partial charge is 0.296 e. The Labute approximate surface area is 82.4 Å². The SMILES string of the molecule is CON(C)C(=O)C1CSCN1.Cl. The van der Waals surface area contributed by atoms with Gasteiger partial charge in [0.1, 0.15) is 0 Å². The van der Waals surface area contributed by atoms with Gasteiger partial charge in [0.05, 0.1) is 13.2 Å². The molecule has 1 saturated heterocycles. The van der Waals surface area contributed by atoms with Crippen LogP contribution in [0, 0.1) is 0 Å². The van der Waals surface area contributed by atoms with Crippen LogP contribution in [0.5, 0.6) is 0 Å². The molecular weight excluding hydrogens is 200 g/mol. The summed E-state index contributed by atoms with van der Waals surface area (Å²) in [5, 5.41) is 4.32.